The molecular formula is C12H8BrCl2NO. The molecule has 0 aliphatic rings. The summed E-state index contributed by atoms with van der Waals surface area (Å²) in [6, 6.07) is 9.17. The van der Waals surface area contributed by atoms with Crippen LogP contribution in [0.2, 0.25) is 10.0 Å². The van der Waals surface area contributed by atoms with Crippen molar-refractivity contribution in [3.05, 3.63) is 67.0 Å². The van der Waals surface area contributed by atoms with Gasteiger partial charge in [0.25, 0.3) is 5.56 Å². The molecule has 0 fully saturated rings. The molecule has 0 spiro atoms. The first-order valence-corrected chi connectivity index (χ1v) is 6.41. The molecule has 1 heterocycles. The van der Waals surface area contributed by atoms with E-state index in [-0.39, 0.29) is 10.6 Å². The van der Waals surface area contributed by atoms with Gasteiger partial charge in [-0.1, -0.05) is 51.3 Å². The molecule has 0 unspecified atom stereocenters. The molecule has 1 aromatic carbocycles. The van der Waals surface area contributed by atoms with E-state index in [1.807, 2.05) is 24.3 Å². The molecule has 1 aromatic heterocycles. The van der Waals surface area contributed by atoms with Gasteiger partial charge < -0.3 is 4.57 Å². The van der Waals surface area contributed by atoms with E-state index < -0.39 is 0 Å². The van der Waals surface area contributed by atoms with Crippen molar-refractivity contribution in [3.8, 4) is 0 Å². The summed E-state index contributed by atoms with van der Waals surface area (Å²) in [7, 11) is 0. The fourth-order valence-electron chi connectivity index (χ4n) is 1.47. The van der Waals surface area contributed by atoms with Gasteiger partial charge in [-0.2, -0.15) is 0 Å². The lowest BCUT2D eigenvalue weighted by molar-refractivity contribution is 0.760. The van der Waals surface area contributed by atoms with Crippen LogP contribution in [0.3, 0.4) is 0 Å². The minimum Gasteiger partial charge on any atom is -0.308 e. The molecular weight excluding hydrogens is 325 g/mol. The third-order valence-electron chi connectivity index (χ3n) is 2.28. The van der Waals surface area contributed by atoms with Crippen LogP contribution >= 0.6 is 39.1 Å². The van der Waals surface area contributed by atoms with Crippen molar-refractivity contribution in [3.63, 3.8) is 0 Å². The highest BCUT2D eigenvalue weighted by atomic mass is 79.9. The zero-order valence-corrected chi connectivity index (χ0v) is 11.8. The lowest BCUT2D eigenvalue weighted by Gasteiger charge is -2.07. The van der Waals surface area contributed by atoms with Crippen LogP contribution in [0.1, 0.15) is 5.56 Å². The monoisotopic (exact) mass is 331 g/mol. The molecule has 0 saturated heterocycles. The first-order valence-electron chi connectivity index (χ1n) is 4.86. The van der Waals surface area contributed by atoms with E-state index in [1.54, 1.807) is 6.20 Å². The molecule has 2 aromatic rings. The second-order valence-corrected chi connectivity index (χ2v) is 5.33. The number of halogens is 3. The maximum absolute atomic E-state index is 11.8. The quantitative estimate of drug-likeness (QED) is 0.815. The lowest BCUT2D eigenvalue weighted by Crippen LogP contribution is -2.20. The van der Waals surface area contributed by atoms with E-state index in [0.29, 0.717) is 11.6 Å². The van der Waals surface area contributed by atoms with Gasteiger partial charge in [0, 0.05) is 10.7 Å². The van der Waals surface area contributed by atoms with Crippen molar-refractivity contribution in [2.45, 2.75) is 6.54 Å². The Balaban J connectivity index is 2.36. The summed E-state index contributed by atoms with van der Waals surface area (Å²) in [6.07, 6.45) is 1.58. The standard InChI is InChI=1S/C12H8BrCl2NO/c13-9-3-1-8(2-4-9)6-16-7-10(14)5-11(15)12(16)17/h1-5,7H,6H2. The van der Waals surface area contributed by atoms with Gasteiger partial charge in [-0.3, -0.25) is 4.79 Å². The number of pyridine rings is 1. The minimum absolute atomic E-state index is 0.134. The maximum Gasteiger partial charge on any atom is 0.269 e. The molecule has 0 aliphatic heterocycles. The van der Waals surface area contributed by atoms with E-state index in [4.69, 9.17) is 23.2 Å². The summed E-state index contributed by atoms with van der Waals surface area (Å²) in [5.41, 5.74) is 0.771. The van der Waals surface area contributed by atoms with Crippen LogP contribution in [0, 0.1) is 0 Å². The molecule has 17 heavy (non-hydrogen) atoms. The van der Waals surface area contributed by atoms with Gasteiger partial charge in [0.05, 0.1) is 11.6 Å². The Morgan fingerprint density at radius 3 is 2.47 bits per heavy atom. The fraction of sp³-hybridized carbons (Fsp3) is 0.0833. The molecule has 0 atom stereocenters. The molecule has 0 saturated carbocycles. The Morgan fingerprint density at radius 2 is 1.82 bits per heavy atom. The highest BCUT2D eigenvalue weighted by Gasteiger charge is 2.04. The van der Waals surface area contributed by atoms with Crippen LogP contribution in [0.4, 0.5) is 0 Å². The van der Waals surface area contributed by atoms with Crippen molar-refractivity contribution >= 4 is 39.1 Å². The molecule has 88 valence electrons. The Morgan fingerprint density at radius 1 is 1.18 bits per heavy atom. The average molecular weight is 333 g/mol. The SMILES string of the molecule is O=c1c(Cl)cc(Cl)cn1Cc1ccc(Br)cc1. The predicted octanol–water partition coefficient (Wildman–Crippen LogP) is 3.97. The average Bonchev–Trinajstić information content (AvgIpc) is 2.28. The van der Waals surface area contributed by atoms with Crippen molar-refractivity contribution in [2.24, 2.45) is 0 Å². The number of nitrogens with zero attached hydrogens (tertiary/aromatic N) is 1. The van der Waals surface area contributed by atoms with E-state index in [9.17, 15) is 4.79 Å². The predicted molar refractivity (Wildman–Crippen MR) is 74.0 cm³/mol. The lowest BCUT2D eigenvalue weighted by atomic mass is 10.2. The Bertz CT molecular complexity index is 592. The third-order valence-corrected chi connectivity index (χ3v) is 3.28. The van der Waals surface area contributed by atoms with Crippen LogP contribution in [0.5, 0.6) is 0 Å². The van der Waals surface area contributed by atoms with E-state index in [1.165, 1.54) is 10.6 Å². The molecule has 5 heteroatoms. The van der Waals surface area contributed by atoms with Crippen LogP contribution < -0.4 is 5.56 Å². The second-order valence-electron chi connectivity index (χ2n) is 3.57. The van der Waals surface area contributed by atoms with Gasteiger partial charge >= 0.3 is 0 Å². The van der Waals surface area contributed by atoms with Gasteiger partial charge in [-0.25, -0.2) is 0 Å². The summed E-state index contributed by atoms with van der Waals surface area (Å²) in [4.78, 5) is 11.8. The Hall–Kier alpha value is -0.770. The minimum atomic E-state index is -0.237. The van der Waals surface area contributed by atoms with Crippen molar-refractivity contribution < 1.29 is 0 Å². The summed E-state index contributed by atoms with van der Waals surface area (Å²) in [5, 5.41) is 0.585. The first kappa shape index (κ1) is 12.7. The van der Waals surface area contributed by atoms with Crippen LogP contribution in [-0.2, 0) is 6.54 Å². The normalized spacial score (nSPS) is 10.5. The summed E-state index contributed by atoms with van der Waals surface area (Å²) >= 11 is 15.0. The molecule has 2 nitrogen and oxygen atoms in total. The van der Waals surface area contributed by atoms with Crippen LogP contribution in [0.25, 0.3) is 0 Å². The topological polar surface area (TPSA) is 22.0 Å². The zero-order valence-electron chi connectivity index (χ0n) is 8.66. The number of hydrogen-bond donors (Lipinski definition) is 0. The van der Waals surface area contributed by atoms with Crippen LogP contribution in [0.15, 0.2) is 45.8 Å². The van der Waals surface area contributed by atoms with Gasteiger partial charge in [-0.15, -0.1) is 0 Å². The smallest absolute Gasteiger partial charge is 0.269 e. The maximum atomic E-state index is 11.8. The zero-order chi connectivity index (χ0) is 12.4. The third kappa shape index (κ3) is 3.12. The van der Waals surface area contributed by atoms with Gasteiger partial charge in [0.2, 0.25) is 0 Å². The Kier molecular flexibility index (Phi) is 3.92. The van der Waals surface area contributed by atoms with Gasteiger partial charge in [0.1, 0.15) is 5.02 Å². The molecule has 0 radical (unpaired) electrons. The fourth-order valence-corrected chi connectivity index (χ4v) is 2.24. The molecule has 2 rings (SSSR count). The summed E-state index contributed by atoms with van der Waals surface area (Å²) in [6.45, 7) is 0.451. The van der Waals surface area contributed by atoms with Crippen molar-refractivity contribution in [2.75, 3.05) is 0 Å². The van der Waals surface area contributed by atoms with Crippen molar-refractivity contribution in [1.82, 2.24) is 4.57 Å². The highest BCUT2D eigenvalue weighted by Crippen LogP contribution is 2.14. The van der Waals surface area contributed by atoms with Crippen molar-refractivity contribution in [1.29, 1.82) is 0 Å². The second kappa shape index (κ2) is 5.25. The Labute approximate surface area is 117 Å². The number of aromatic nitrogens is 1. The first-order chi connectivity index (χ1) is 8.06. The van der Waals surface area contributed by atoms with Gasteiger partial charge in [-0.05, 0) is 23.8 Å². The van der Waals surface area contributed by atoms with Crippen LogP contribution in [-0.4, -0.2) is 4.57 Å². The largest absolute Gasteiger partial charge is 0.308 e. The van der Waals surface area contributed by atoms with E-state index in [2.05, 4.69) is 15.9 Å². The summed E-state index contributed by atoms with van der Waals surface area (Å²) < 4.78 is 2.49. The van der Waals surface area contributed by atoms with Gasteiger partial charge in [0.15, 0.2) is 0 Å². The number of benzene rings is 1. The van der Waals surface area contributed by atoms with E-state index >= 15 is 0 Å². The summed E-state index contributed by atoms with van der Waals surface area (Å²) in [5.74, 6) is 0. The highest BCUT2D eigenvalue weighted by molar-refractivity contribution is 9.10. The molecule has 0 N–H and O–H groups in total. The molecule has 0 amide bonds. The number of rotatable bonds is 2. The number of hydrogen-bond acceptors (Lipinski definition) is 1. The van der Waals surface area contributed by atoms with E-state index in [0.717, 1.165) is 10.0 Å². The molecule has 0 bridgehead atoms. The molecule has 0 aliphatic carbocycles.